The predicted molar refractivity (Wildman–Crippen MR) is 301 cm³/mol. The molecule has 0 aliphatic carbocycles. The molecule has 0 bridgehead atoms. The summed E-state index contributed by atoms with van der Waals surface area (Å²) < 4.78 is 0. The zero-order valence-corrected chi connectivity index (χ0v) is 47.2. The summed E-state index contributed by atoms with van der Waals surface area (Å²) in [5.41, 5.74) is 13.6. The van der Waals surface area contributed by atoms with Gasteiger partial charge in [0.1, 0.15) is 59.8 Å². The van der Waals surface area contributed by atoms with Crippen molar-refractivity contribution >= 4 is 59.2 Å². The molecule has 25 nitrogen and oxygen atoms in total. The second-order valence-electron chi connectivity index (χ2n) is 21.2. The first kappa shape index (κ1) is 68.1. The van der Waals surface area contributed by atoms with Crippen LogP contribution in [-0.4, -0.2) is 152 Å². The summed E-state index contributed by atoms with van der Waals surface area (Å²) in [6.45, 7) is 9.32. The van der Waals surface area contributed by atoms with Crippen molar-refractivity contribution in [2.45, 2.75) is 154 Å². The molecule has 82 heavy (non-hydrogen) atoms. The number of amides is 8. The Morgan fingerprint density at radius 1 is 0.451 bits per heavy atom. The number of benzene rings is 3. The van der Waals surface area contributed by atoms with Crippen LogP contribution in [0.25, 0.3) is 0 Å². The fourth-order valence-electron chi connectivity index (χ4n) is 8.50. The number of hydrogen-bond acceptors (Lipinski definition) is 15. The molecule has 0 aliphatic rings. The molecule has 9 atom stereocenters. The van der Waals surface area contributed by atoms with Gasteiger partial charge in [-0.2, -0.15) is 0 Å². The summed E-state index contributed by atoms with van der Waals surface area (Å²) in [5.74, 6) is -11.4. The maximum Gasteiger partial charge on any atom is 0.326 e. The van der Waals surface area contributed by atoms with E-state index < -0.39 is 145 Å². The van der Waals surface area contributed by atoms with Crippen molar-refractivity contribution in [3.63, 3.8) is 0 Å². The Hall–Kier alpha value is -8.16. The summed E-state index contributed by atoms with van der Waals surface area (Å²) in [6, 6.07) is 7.45. The molecule has 0 aliphatic heterocycles. The lowest BCUT2D eigenvalue weighted by atomic mass is 9.98. The van der Waals surface area contributed by atoms with E-state index in [2.05, 4.69) is 42.5 Å². The van der Waals surface area contributed by atoms with E-state index in [0.29, 0.717) is 29.5 Å². The highest BCUT2D eigenvalue weighted by Crippen LogP contribution is 2.16. The lowest BCUT2D eigenvalue weighted by molar-refractivity contribution is -0.142. The van der Waals surface area contributed by atoms with E-state index in [1.807, 2.05) is 0 Å². The first-order valence-corrected chi connectivity index (χ1v) is 27.3. The fourth-order valence-corrected chi connectivity index (χ4v) is 8.50. The van der Waals surface area contributed by atoms with E-state index in [1.165, 1.54) is 36.4 Å². The Bertz CT molecular complexity index is 2600. The van der Waals surface area contributed by atoms with E-state index in [1.54, 1.807) is 84.0 Å². The first-order valence-electron chi connectivity index (χ1n) is 27.3. The molecule has 0 heterocycles. The molecule has 0 fully saturated rings. The van der Waals surface area contributed by atoms with Gasteiger partial charge in [0.25, 0.3) is 0 Å². The van der Waals surface area contributed by atoms with Crippen molar-refractivity contribution in [3.8, 4) is 11.5 Å². The number of carboxylic acid groups (broad SMARTS) is 2. The second-order valence-corrected chi connectivity index (χ2v) is 21.2. The normalized spacial score (nSPS) is 14.5. The molecule has 0 unspecified atom stereocenters. The average Bonchev–Trinajstić information content (AvgIpc) is 3.46. The number of phenolic OH excluding ortho intramolecular Hbond substituents is 2. The highest BCUT2D eigenvalue weighted by molar-refractivity contribution is 5.98. The van der Waals surface area contributed by atoms with Gasteiger partial charge < -0.3 is 79.5 Å². The van der Waals surface area contributed by atoms with Gasteiger partial charge in [-0.05, 0) is 104 Å². The van der Waals surface area contributed by atoms with Gasteiger partial charge in [-0.25, -0.2) is 4.79 Å². The maximum atomic E-state index is 14.5. The quantitative estimate of drug-likeness (QED) is 0.0338. The van der Waals surface area contributed by atoms with Crippen LogP contribution in [0.5, 0.6) is 11.5 Å². The van der Waals surface area contributed by atoms with Gasteiger partial charge in [0.2, 0.25) is 47.3 Å². The second kappa shape index (κ2) is 34.2. The Morgan fingerprint density at radius 3 is 1.35 bits per heavy atom. The predicted octanol–water partition coefficient (Wildman–Crippen LogP) is -0.240. The van der Waals surface area contributed by atoms with Gasteiger partial charge in [-0.1, -0.05) is 96.1 Å². The van der Waals surface area contributed by atoms with Crippen molar-refractivity contribution in [3.05, 3.63) is 95.6 Å². The number of carbonyl (C=O) groups is 10. The lowest BCUT2D eigenvalue weighted by Crippen LogP contribution is -2.61. The van der Waals surface area contributed by atoms with Crippen LogP contribution in [0.15, 0.2) is 78.9 Å². The SMILES string of the molecule is CC(C)C[C@H](NC(=O)[C@H](Cc1ccc(O)cc1)NC(=O)[C@@H](NC(=O)[C@H](CCCCN)NC(=O)[C@@H](NC(=O)[C@@H](N)Cc1ccc(O)cc1)C(C)C)C(C)C)C(=O)N[C@@H](CCC(=O)O)C(=O)N[C@@H](CO)C(=O)N[C@@H](Cc1ccccc1)C(=O)O. The molecule has 0 saturated carbocycles. The largest absolute Gasteiger partial charge is 0.508 e. The number of aliphatic carboxylic acids is 2. The van der Waals surface area contributed by atoms with Gasteiger partial charge in [-0.3, -0.25) is 43.2 Å². The summed E-state index contributed by atoms with van der Waals surface area (Å²) in [5, 5.41) is 69.6. The number of aliphatic hydroxyl groups excluding tert-OH is 1. The lowest BCUT2D eigenvalue weighted by Gasteiger charge is -2.30. The van der Waals surface area contributed by atoms with E-state index in [9.17, 15) is 73.5 Å². The highest BCUT2D eigenvalue weighted by Gasteiger charge is 2.37. The van der Waals surface area contributed by atoms with E-state index in [0.717, 1.165) is 0 Å². The zero-order valence-electron chi connectivity index (χ0n) is 47.2. The van der Waals surface area contributed by atoms with Gasteiger partial charge in [0.15, 0.2) is 0 Å². The Kier molecular flexibility index (Phi) is 28.4. The first-order chi connectivity index (χ1) is 38.7. The van der Waals surface area contributed by atoms with Crippen LogP contribution >= 0.6 is 0 Å². The minimum absolute atomic E-state index is 0.0327. The number of aromatic hydroxyl groups is 2. The summed E-state index contributed by atoms with van der Waals surface area (Å²) in [4.78, 5) is 135. The minimum atomic E-state index is -1.75. The standard InChI is InChI=1S/C57H82N10O15/c1-31(2)26-42(52(76)60-41(23-24-46(71)72)50(74)65-45(30-68)54(78)64-44(57(81)82)29-34-12-8-7-9-13-34)62-53(77)43(28-36-17-21-38(70)22-18-36)63-56(80)48(33(5)6)67-51(75)40(14-10-11-25-58)61-55(79)47(32(3)4)66-49(73)39(59)27-35-15-19-37(69)20-16-35/h7-9,12-13,15-22,31-33,39-45,47-48,68-70H,10-11,14,23-30,58-59H2,1-6H3,(H,60,76)(H,61,79)(H,62,77)(H,63,80)(H,64,78)(H,65,74)(H,66,73)(H,67,75)(H,71,72)(H,81,82)/t39-,40-,41-,42-,43-,44-,45-,47-,48-/m0/s1. The average molecular weight is 1150 g/mol. The number of hydrogen-bond donors (Lipinski definition) is 15. The third kappa shape index (κ3) is 23.5. The van der Waals surface area contributed by atoms with Gasteiger partial charge in [0.05, 0.1) is 12.6 Å². The van der Waals surface area contributed by atoms with Crippen LogP contribution in [0, 0.1) is 17.8 Å². The van der Waals surface area contributed by atoms with E-state index in [-0.39, 0.29) is 56.1 Å². The summed E-state index contributed by atoms with van der Waals surface area (Å²) in [6.07, 6.45) is -0.632. The van der Waals surface area contributed by atoms with E-state index >= 15 is 0 Å². The van der Waals surface area contributed by atoms with Gasteiger partial charge in [0, 0.05) is 19.3 Å². The number of rotatable bonds is 35. The third-order valence-corrected chi connectivity index (χ3v) is 13.1. The minimum Gasteiger partial charge on any atom is -0.508 e. The molecule has 0 aromatic heterocycles. The summed E-state index contributed by atoms with van der Waals surface area (Å²) in [7, 11) is 0. The van der Waals surface area contributed by atoms with Crippen LogP contribution in [0.1, 0.15) is 96.8 Å². The number of carbonyl (C=O) groups excluding carboxylic acids is 8. The van der Waals surface area contributed by atoms with Crippen molar-refractivity contribution in [2.75, 3.05) is 13.2 Å². The van der Waals surface area contributed by atoms with Crippen LogP contribution in [0.4, 0.5) is 0 Å². The van der Waals surface area contributed by atoms with Crippen LogP contribution in [-0.2, 0) is 67.2 Å². The molecule has 17 N–H and O–H groups in total. The van der Waals surface area contributed by atoms with Crippen LogP contribution in [0.2, 0.25) is 0 Å². The molecular weight excluding hydrogens is 1060 g/mol. The van der Waals surface area contributed by atoms with Gasteiger partial charge in [-0.15, -0.1) is 0 Å². The zero-order chi connectivity index (χ0) is 61.2. The Balaban J connectivity index is 1.88. The number of unbranched alkanes of at least 4 members (excludes halogenated alkanes) is 1. The van der Waals surface area contributed by atoms with Crippen LogP contribution < -0.4 is 54.0 Å². The fraction of sp³-hybridized carbons (Fsp3) is 0.509. The number of carboxylic acids is 2. The van der Waals surface area contributed by atoms with E-state index in [4.69, 9.17) is 11.5 Å². The smallest absolute Gasteiger partial charge is 0.326 e. The maximum absolute atomic E-state index is 14.5. The number of nitrogens with one attached hydrogen (secondary N) is 8. The molecule has 8 amide bonds. The van der Waals surface area contributed by atoms with Crippen LogP contribution in [0.3, 0.4) is 0 Å². The molecule has 0 saturated heterocycles. The number of phenols is 2. The van der Waals surface area contributed by atoms with Crippen molar-refractivity contribution in [2.24, 2.45) is 29.2 Å². The number of aliphatic hydroxyl groups is 1. The molecular formula is C57H82N10O15. The Labute approximate surface area is 476 Å². The monoisotopic (exact) mass is 1150 g/mol. The molecule has 0 radical (unpaired) electrons. The molecule has 25 heteroatoms. The highest BCUT2D eigenvalue weighted by atomic mass is 16.4. The molecule has 0 spiro atoms. The molecule has 450 valence electrons. The number of nitrogens with two attached hydrogens (primary N) is 2. The topological polar surface area (TPSA) is 420 Å². The van der Waals surface area contributed by atoms with Crippen molar-refractivity contribution in [1.82, 2.24) is 42.5 Å². The Morgan fingerprint density at radius 2 is 0.854 bits per heavy atom. The molecule has 3 aromatic rings. The summed E-state index contributed by atoms with van der Waals surface area (Å²) >= 11 is 0. The molecule has 3 rings (SSSR count). The van der Waals surface area contributed by atoms with Gasteiger partial charge >= 0.3 is 11.9 Å². The van der Waals surface area contributed by atoms with Crippen molar-refractivity contribution in [1.29, 1.82) is 0 Å². The third-order valence-electron chi connectivity index (χ3n) is 13.1. The molecule has 3 aromatic carbocycles. The van der Waals surface area contributed by atoms with Crippen molar-refractivity contribution < 1.29 is 73.5 Å².